The van der Waals surface area contributed by atoms with Crippen LogP contribution in [0.2, 0.25) is 0 Å². The van der Waals surface area contributed by atoms with Gasteiger partial charge in [-0.2, -0.15) is 0 Å². The minimum atomic E-state index is -1.05. The molecule has 1 amide bonds. The molecule has 0 aliphatic rings. The Morgan fingerprint density at radius 3 is 2.00 bits per heavy atom. The minimum absolute atomic E-state index is 0.168. The van der Waals surface area contributed by atoms with E-state index >= 15 is 0 Å². The van der Waals surface area contributed by atoms with E-state index in [1.165, 1.54) is 13.8 Å². The first-order valence-corrected chi connectivity index (χ1v) is 4.49. The Morgan fingerprint density at radius 1 is 1.36 bits per heavy atom. The Balaban J connectivity index is 4.48. The molecule has 5 heteroatoms. The van der Waals surface area contributed by atoms with E-state index in [0.29, 0.717) is 0 Å². The zero-order valence-corrected chi connectivity index (χ0v) is 9.00. The number of aliphatic carboxylic acids is 1. The zero-order chi connectivity index (χ0) is 11.5. The monoisotopic (exact) mass is 202 g/mol. The molecule has 14 heavy (non-hydrogen) atoms. The lowest BCUT2D eigenvalue weighted by molar-refractivity contribution is -0.143. The number of carboxylic acid groups (broad SMARTS) is 1. The van der Waals surface area contributed by atoms with Gasteiger partial charge in [0.2, 0.25) is 5.91 Å². The van der Waals surface area contributed by atoms with Crippen molar-refractivity contribution in [2.24, 2.45) is 11.7 Å². The Labute approximate surface area is 83.7 Å². The lowest BCUT2D eigenvalue weighted by Crippen LogP contribution is -2.55. The Bertz CT molecular complexity index is 231. The van der Waals surface area contributed by atoms with Crippen LogP contribution < -0.4 is 11.1 Å². The van der Waals surface area contributed by atoms with E-state index < -0.39 is 23.5 Å². The number of hydrogen-bond donors (Lipinski definition) is 3. The number of nitrogens with two attached hydrogens (primary N) is 1. The van der Waals surface area contributed by atoms with Crippen molar-refractivity contribution in [2.75, 3.05) is 0 Å². The maximum absolute atomic E-state index is 11.4. The average Bonchev–Trinajstić information content (AvgIpc) is 1.96. The predicted molar refractivity (Wildman–Crippen MR) is 52.7 cm³/mol. The summed E-state index contributed by atoms with van der Waals surface area (Å²) in [7, 11) is 0. The first-order valence-electron chi connectivity index (χ1n) is 4.49. The van der Waals surface area contributed by atoms with Crippen LogP contribution in [-0.2, 0) is 9.59 Å². The fourth-order valence-corrected chi connectivity index (χ4v) is 0.841. The van der Waals surface area contributed by atoms with Crippen molar-refractivity contribution in [3.63, 3.8) is 0 Å². The van der Waals surface area contributed by atoms with Crippen LogP contribution >= 0.6 is 0 Å². The predicted octanol–water partition coefficient (Wildman–Crippen LogP) is -0.0509. The van der Waals surface area contributed by atoms with Gasteiger partial charge in [0, 0.05) is 0 Å². The topological polar surface area (TPSA) is 92.4 Å². The minimum Gasteiger partial charge on any atom is -0.480 e. The van der Waals surface area contributed by atoms with Gasteiger partial charge < -0.3 is 16.2 Å². The maximum atomic E-state index is 11.4. The number of carboxylic acids is 1. The van der Waals surface area contributed by atoms with Crippen molar-refractivity contribution < 1.29 is 14.7 Å². The van der Waals surface area contributed by atoms with E-state index in [2.05, 4.69) is 5.32 Å². The molecule has 1 atom stereocenters. The molecule has 0 aliphatic carbocycles. The largest absolute Gasteiger partial charge is 0.480 e. The highest BCUT2D eigenvalue weighted by molar-refractivity contribution is 5.89. The van der Waals surface area contributed by atoms with Crippen molar-refractivity contribution in [1.82, 2.24) is 5.32 Å². The Hall–Kier alpha value is -1.10. The standard InChI is InChI=1S/C9H18N2O3/c1-5(2)6(7(12)13)11-8(14)9(3,4)10/h5-6H,10H2,1-4H3,(H,11,14)(H,12,13)/t6-/m1/s1. The molecular weight excluding hydrogens is 184 g/mol. The summed E-state index contributed by atoms with van der Waals surface area (Å²) in [4.78, 5) is 22.1. The van der Waals surface area contributed by atoms with Gasteiger partial charge in [-0.15, -0.1) is 0 Å². The van der Waals surface area contributed by atoms with Gasteiger partial charge in [-0.05, 0) is 19.8 Å². The quantitative estimate of drug-likeness (QED) is 0.596. The highest BCUT2D eigenvalue weighted by Crippen LogP contribution is 2.04. The van der Waals surface area contributed by atoms with E-state index in [9.17, 15) is 9.59 Å². The molecule has 0 saturated carbocycles. The molecule has 0 aromatic heterocycles. The third-order valence-corrected chi connectivity index (χ3v) is 1.80. The molecule has 0 saturated heterocycles. The molecular formula is C9H18N2O3. The third-order valence-electron chi connectivity index (χ3n) is 1.80. The highest BCUT2D eigenvalue weighted by Gasteiger charge is 2.29. The zero-order valence-electron chi connectivity index (χ0n) is 9.00. The number of carbonyl (C=O) groups is 2. The molecule has 5 nitrogen and oxygen atoms in total. The normalized spacial score (nSPS) is 13.9. The molecule has 4 N–H and O–H groups in total. The summed E-state index contributed by atoms with van der Waals surface area (Å²) in [5.41, 5.74) is 4.47. The van der Waals surface area contributed by atoms with Gasteiger partial charge in [0.15, 0.2) is 0 Å². The second-order valence-electron chi connectivity index (χ2n) is 4.26. The molecule has 0 radical (unpaired) electrons. The summed E-state index contributed by atoms with van der Waals surface area (Å²) in [5, 5.41) is 11.2. The van der Waals surface area contributed by atoms with E-state index in [1.54, 1.807) is 13.8 Å². The number of hydrogen-bond acceptors (Lipinski definition) is 3. The van der Waals surface area contributed by atoms with Gasteiger partial charge in [0.25, 0.3) is 0 Å². The third kappa shape index (κ3) is 3.74. The molecule has 0 spiro atoms. The molecule has 0 heterocycles. The van der Waals surface area contributed by atoms with Crippen LogP contribution in [-0.4, -0.2) is 28.6 Å². The van der Waals surface area contributed by atoms with E-state index in [1.807, 2.05) is 0 Å². The number of nitrogens with one attached hydrogen (secondary N) is 1. The summed E-state index contributed by atoms with van der Waals surface area (Å²) in [6.07, 6.45) is 0. The number of amides is 1. The molecule has 0 unspecified atom stereocenters. The molecule has 0 aliphatic heterocycles. The summed E-state index contributed by atoms with van der Waals surface area (Å²) in [5.74, 6) is -1.67. The summed E-state index contributed by atoms with van der Waals surface area (Å²) >= 11 is 0. The second-order valence-corrected chi connectivity index (χ2v) is 4.26. The lowest BCUT2D eigenvalue weighted by Gasteiger charge is -2.23. The van der Waals surface area contributed by atoms with Gasteiger partial charge in [-0.25, -0.2) is 4.79 Å². The van der Waals surface area contributed by atoms with Crippen LogP contribution in [0.25, 0.3) is 0 Å². The van der Waals surface area contributed by atoms with Gasteiger partial charge in [0.05, 0.1) is 5.54 Å². The number of carbonyl (C=O) groups excluding carboxylic acids is 1. The Kier molecular flexibility index (Phi) is 4.07. The van der Waals surface area contributed by atoms with E-state index in [4.69, 9.17) is 10.8 Å². The fourth-order valence-electron chi connectivity index (χ4n) is 0.841. The first-order chi connectivity index (χ1) is 6.16. The summed E-state index contributed by atoms with van der Waals surface area (Å²) in [6.45, 7) is 6.51. The molecule has 82 valence electrons. The molecule has 0 aromatic carbocycles. The molecule has 0 fully saturated rings. The van der Waals surface area contributed by atoms with Crippen LogP contribution in [0, 0.1) is 5.92 Å². The van der Waals surface area contributed by atoms with Crippen molar-refractivity contribution >= 4 is 11.9 Å². The summed E-state index contributed by atoms with van der Waals surface area (Å²) in [6, 6.07) is -0.884. The van der Waals surface area contributed by atoms with Crippen LogP contribution in [0.4, 0.5) is 0 Å². The summed E-state index contributed by atoms with van der Waals surface area (Å²) < 4.78 is 0. The van der Waals surface area contributed by atoms with Gasteiger partial charge >= 0.3 is 5.97 Å². The number of rotatable bonds is 4. The van der Waals surface area contributed by atoms with Crippen LogP contribution in [0.5, 0.6) is 0 Å². The van der Waals surface area contributed by atoms with Gasteiger partial charge in [-0.3, -0.25) is 4.79 Å². The van der Waals surface area contributed by atoms with Crippen LogP contribution in [0.3, 0.4) is 0 Å². The van der Waals surface area contributed by atoms with Crippen molar-refractivity contribution in [3.05, 3.63) is 0 Å². The highest BCUT2D eigenvalue weighted by atomic mass is 16.4. The Morgan fingerprint density at radius 2 is 1.79 bits per heavy atom. The molecule has 0 aromatic rings. The van der Waals surface area contributed by atoms with Gasteiger partial charge in [-0.1, -0.05) is 13.8 Å². The molecule has 0 bridgehead atoms. The van der Waals surface area contributed by atoms with Crippen molar-refractivity contribution in [1.29, 1.82) is 0 Å². The van der Waals surface area contributed by atoms with Crippen molar-refractivity contribution in [2.45, 2.75) is 39.3 Å². The van der Waals surface area contributed by atoms with Crippen LogP contribution in [0.1, 0.15) is 27.7 Å². The average molecular weight is 202 g/mol. The second kappa shape index (κ2) is 4.41. The van der Waals surface area contributed by atoms with Gasteiger partial charge in [0.1, 0.15) is 6.04 Å². The van der Waals surface area contributed by atoms with E-state index in [-0.39, 0.29) is 5.92 Å². The molecule has 0 rings (SSSR count). The van der Waals surface area contributed by atoms with Crippen LogP contribution in [0.15, 0.2) is 0 Å². The lowest BCUT2D eigenvalue weighted by atomic mass is 10.0. The maximum Gasteiger partial charge on any atom is 0.326 e. The SMILES string of the molecule is CC(C)[C@@H](NC(=O)C(C)(C)N)C(=O)O. The fraction of sp³-hybridized carbons (Fsp3) is 0.778. The van der Waals surface area contributed by atoms with Crippen molar-refractivity contribution in [3.8, 4) is 0 Å². The van der Waals surface area contributed by atoms with E-state index in [0.717, 1.165) is 0 Å². The first kappa shape index (κ1) is 12.9. The smallest absolute Gasteiger partial charge is 0.326 e.